The highest BCUT2D eigenvalue weighted by molar-refractivity contribution is 9.10. The van der Waals surface area contributed by atoms with E-state index in [0.717, 1.165) is 23.7 Å². The monoisotopic (exact) mass is 406 g/mol. The highest BCUT2D eigenvalue weighted by atomic mass is 79.9. The van der Waals surface area contributed by atoms with Gasteiger partial charge in [-0.15, -0.1) is 12.4 Å². The van der Waals surface area contributed by atoms with Crippen LogP contribution >= 0.6 is 28.3 Å². The van der Waals surface area contributed by atoms with Gasteiger partial charge in [-0.25, -0.2) is 0 Å². The first-order chi connectivity index (χ1) is 10.5. The third-order valence-corrected chi connectivity index (χ3v) is 4.39. The Kier molecular flexibility index (Phi) is 8.16. The summed E-state index contributed by atoms with van der Waals surface area (Å²) in [7, 11) is 0. The number of carbonyl (C=O) groups is 1. The van der Waals surface area contributed by atoms with Gasteiger partial charge in [0.05, 0.1) is 18.9 Å². The summed E-state index contributed by atoms with van der Waals surface area (Å²) in [5.74, 6) is 1.30. The number of amides is 1. The molecular formula is C16H24BrClN2O3. The molecule has 5 nitrogen and oxygen atoms in total. The Hall–Kier alpha value is -0.980. The van der Waals surface area contributed by atoms with Gasteiger partial charge in [0.15, 0.2) is 11.5 Å². The molecule has 3 N–H and O–H groups in total. The average molecular weight is 408 g/mol. The molecule has 1 saturated carbocycles. The van der Waals surface area contributed by atoms with E-state index >= 15 is 0 Å². The molecule has 23 heavy (non-hydrogen) atoms. The summed E-state index contributed by atoms with van der Waals surface area (Å²) in [6.45, 7) is 4.92. The zero-order chi connectivity index (χ0) is 16.1. The number of rotatable bonds is 6. The van der Waals surface area contributed by atoms with Crippen molar-refractivity contribution in [3.05, 3.63) is 16.6 Å². The van der Waals surface area contributed by atoms with Crippen LogP contribution in [-0.4, -0.2) is 25.2 Å². The molecular weight excluding hydrogens is 384 g/mol. The Bertz CT molecular complexity index is 542. The van der Waals surface area contributed by atoms with E-state index in [4.69, 9.17) is 15.2 Å². The molecule has 0 spiro atoms. The van der Waals surface area contributed by atoms with Gasteiger partial charge in [-0.05, 0) is 49.0 Å². The predicted octanol–water partition coefficient (Wildman–Crippen LogP) is 3.73. The van der Waals surface area contributed by atoms with Crippen LogP contribution in [0.25, 0.3) is 0 Å². The molecule has 130 valence electrons. The average Bonchev–Trinajstić information content (AvgIpc) is 2.91. The van der Waals surface area contributed by atoms with Crippen molar-refractivity contribution >= 4 is 39.9 Å². The minimum atomic E-state index is -0.0102. The van der Waals surface area contributed by atoms with Crippen LogP contribution in [0.2, 0.25) is 0 Å². The molecule has 1 aliphatic carbocycles. The lowest BCUT2D eigenvalue weighted by Crippen LogP contribution is -2.23. The van der Waals surface area contributed by atoms with E-state index in [1.54, 1.807) is 6.07 Å². The van der Waals surface area contributed by atoms with Crippen LogP contribution in [0, 0.1) is 5.92 Å². The Morgan fingerprint density at radius 2 is 1.87 bits per heavy atom. The molecule has 1 aromatic carbocycles. The first kappa shape index (κ1) is 20.1. The van der Waals surface area contributed by atoms with Crippen molar-refractivity contribution in [1.29, 1.82) is 0 Å². The maximum Gasteiger partial charge on any atom is 0.227 e. The number of carbonyl (C=O) groups excluding carboxylic acids is 1. The third kappa shape index (κ3) is 5.26. The number of hydrogen-bond acceptors (Lipinski definition) is 4. The largest absolute Gasteiger partial charge is 0.490 e. The van der Waals surface area contributed by atoms with Crippen molar-refractivity contribution < 1.29 is 14.3 Å². The Labute approximate surface area is 151 Å². The zero-order valence-electron chi connectivity index (χ0n) is 13.4. The number of anilines is 1. The summed E-state index contributed by atoms with van der Waals surface area (Å²) < 4.78 is 11.9. The summed E-state index contributed by atoms with van der Waals surface area (Å²) >= 11 is 3.48. The van der Waals surface area contributed by atoms with Crippen LogP contribution in [0.1, 0.15) is 33.1 Å². The number of nitrogens with two attached hydrogens (primary N) is 1. The second-order valence-corrected chi connectivity index (χ2v) is 6.26. The molecule has 1 aliphatic rings. The van der Waals surface area contributed by atoms with Crippen LogP contribution in [0.5, 0.6) is 11.5 Å². The number of nitrogens with one attached hydrogen (secondary N) is 1. The molecule has 0 radical (unpaired) electrons. The molecule has 1 amide bonds. The molecule has 7 heteroatoms. The number of halogens is 2. The van der Waals surface area contributed by atoms with E-state index in [9.17, 15) is 4.79 Å². The molecule has 2 atom stereocenters. The lowest BCUT2D eigenvalue weighted by Gasteiger charge is -2.16. The van der Waals surface area contributed by atoms with E-state index in [-0.39, 0.29) is 30.3 Å². The van der Waals surface area contributed by atoms with Crippen molar-refractivity contribution in [3.63, 3.8) is 0 Å². The molecule has 0 aliphatic heterocycles. The van der Waals surface area contributed by atoms with E-state index < -0.39 is 0 Å². The van der Waals surface area contributed by atoms with Crippen molar-refractivity contribution in [1.82, 2.24) is 0 Å². The van der Waals surface area contributed by atoms with Crippen LogP contribution < -0.4 is 20.5 Å². The molecule has 0 bridgehead atoms. The number of benzene rings is 1. The molecule has 0 heterocycles. The molecule has 2 unspecified atom stereocenters. The van der Waals surface area contributed by atoms with Gasteiger partial charge in [0, 0.05) is 28.6 Å². The molecule has 1 fully saturated rings. The summed E-state index contributed by atoms with van der Waals surface area (Å²) in [6, 6.07) is 3.76. The summed E-state index contributed by atoms with van der Waals surface area (Å²) in [5, 5.41) is 2.96. The topological polar surface area (TPSA) is 73.6 Å². The van der Waals surface area contributed by atoms with Crippen molar-refractivity contribution in [2.24, 2.45) is 11.7 Å². The number of hydrogen-bond donors (Lipinski definition) is 2. The SMILES string of the molecule is CCOc1cc(Br)c(NC(=O)C2CCC(N)C2)cc1OCC.Cl. The zero-order valence-corrected chi connectivity index (χ0v) is 15.8. The van der Waals surface area contributed by atoms with Crippen molar-refractivity contribution in [3.8, 4) is 11.5 Å². The Morgan fingerprint density at radius 3 is 2.39 bits per heavy atom. The minimum Gasteiger partial charge on any atom is -0.490 e. The fraction of sp³-hybridized carbons (Fsp3) is 0.562. The van der Waals surface area contributed by atoms with Gasteiger partial charge in [-0.3, -0.25) is 4.79 Å². The minimum absolute atomic E-state index is 0. The van der Waals surface area contributed by atoms with Gasteiger partial charge in [-0.1, -0.05) is 0 Å². The Morgan fingerprint density at radius 1 is 1.26 bits per heavy atom. The summed E-state index contributed by atoms with van der Waals surface area (Å²) in [6.07, 6.45) is 2.51. The highest BCUT2D eigenvalue weighted by Crippen LogP contribution is 2.37. The smallest absolute Gasteiger partial charge is 0.227 e. The van der Waals surface area contributed by atoms with Gasteiger partial charge in [0.25, 0.3) is 0 Å². The first-order valence-electron chi connectivity index (χ1n) is 7.70. The number of ether oxygens (including phenoxy) is 2. The third-order valence-electron chi connectivity index (χ3n) is 3.73. The normalized spacial score (nSPS) is 19.8. The first-order valence-corrected chi connectivity index (χ1v) is 8.50. The summed E-state index contributed by atoms with van der Waals surface area (Å²) in [4.78, 5) is 12.3. The maximum atomic E-state index is 12.3. The van der Waals surface area contributed by atoms with Gasteiger partial charge in [0.1, 0.15) is 0 Å². The lowest BCUT2D eigenvalue weighted by atomic mass is 10.1. The molecule has 2 rings (SSSR count). The predicted molar refractivity (Wildman–Crippen MR) is 97.7 cm³/mol. The fourth-order valence-electron chi connectivity index (χ4n) is 2.66. The summed E-state index contributed by atoms with van der Waals surface area (Å²) in [5.41, 5.74) is 6.57. The van der Waals surface area contributed by atoms with Crippen LogP contribution in [0.3, 0.4) is 0 Å². The van der Waals surface area contributed by atoms with Gasteiger partial charge >= 0.3 is 0 Å². The lowest BCUT2D eigenvalue weighted by molar-refractivity contribution is -0.119. The quantitative estimate of drug-likeness (QED) is 0.753. The Balaban J connectivity index is 0.00000264. The second-order valence-electron chi connectivity index (χ2n) is 5.40. The van der Waals surface area contributed by atoms with Crippen LogP contribution in [0.15, 0.2) is 16.6 Å². The maximum absolute atomic E-state index is 12.3. The second kappa shape index (κ2) is 9.35. The van der Waals surface area contributed by atoms with E-state index in [1.807, 2.05) is 19.9 Å². The van der Waals surface area contributed by atoms with E-state index in [0.29, 0.717) is 30.4 Å². The van der Waals surface area contributed by atoms with E-state index in [2.05, 4.69) is 21.2 Å². The molecule has 1 aromatic rings. The van der Waals surface area contributed by atoms with Crippen molar-refractivity contribution in [2.75, 3.05) is 18.5 Å². The van der Waals surface area contributed by atoms with Gasteiger partial charge < -0.3 is 20.5 Å². The van der Waals surface area contributed by atoms with Crippen molar-refractivity contribution in [2.45, 2.75) is 39.2 Å². The molecule has 0 aromatic heterocycles. The standard InChI is InChI=1S/C16H23BrN2O3.ClH/c1-3-21-14-8-12(17)13(9-15(14)22-4-2)19-16(20)10-5-6-11(18)7-10;/h8-11H,3-7,18H2,1-2H3,(H,19,20);1H. The van der Waals surface area contributed by atoms with Crippen LogP contribution in [0.4, 0.5) is 5.69 Å². The van der Waals surface area contributed by atoms with Crippen LogP contribution in [-0.2, 0) is 4.79 Å². The molecule has 0 saturated heterocycles. The van der Waals surface area contributed by atoms with Gasteiger partial charge in [0.2, 0.25) is 5.91 Å². The van der Waals surface area contributed by atoms with E-state index in [1.165, 1.54) is 0 Å². The van der Waals surface area contributed by atoms with Gasteiger partial charge in [-0.2, -0.15) is 0 Å². The highest BCUT2D eigenvalue weighted by Gasteiger charge is 2.28. The fourth-order valence-corrected chi connectivity index (χ4v) is 3.08.